The Bertz CT molecular complexity index is 1010. The fourth-order valence-corrected chi connectivity index (χ4v) is 4.26. The second-order valence-corrected chi connectivity index (χ2v) is 8.21. The normalized spacial score (nSPS) is 23.4. The topological polar surface area (TPSA) is 82.5 Å². The number of likely N-dealkylation sites (tertiary alicyclic amines) is 1. The molecule has 1 aromatic heterocycles. The van der Waals surface area contributed by atoms with E-state index in [1.807, 2.05) is 0 Å². The Morgan fingerprint density at radius 3 is 2.44 bits per heavy atom. The Labute approximate surface area is 181 Å². The van der Waals surface area contributed by atoms with Crippen LogP contribution in [-0.4, -0.2) is 51.7 Å². The van der Waals surface area contributed by atoms with Crippen LogP contribution in [-0.2, 0) is 4.79 Å². The van der Waals surface area contributed by atoms with Crippen LogP contribution in [0.1, 0.15) is 48.0 Å². The van der Waals surface area contributed by atoms with E-state index in [4.69, 9.17) is 0 Å². The Kier molecular flexibility index (Phi) is 5.79. The lowest BCUT2D eigenvalue weighted by atomic mass is 9.77. The smallest absolute Gasteiger partial charge is 0.408 e. The molecule has 2 N–H and O–H groups in total. The first-order valence-electron chi connectivity index (χ1n) is 10.2. The van der Waals surface area contributed by atoms with E-state index in [1.54, 1.807) is 30.3 Å². The number of carbonyl (C=O) groups excluding carboxylic acids is 1. The van der Waals surface area contributed by atoms with Crippen LogP contribution in [0, 0.1) is 5.95 Å². The number of aromatic nitrogens is 1. The quantitative estimate of drug-likeness (QED) is 0.531. The number of hydrogen-bond acceptors (Lipinski definition) is 3. The number of rotatable bonds is 5. The van der Waals surface area contributed by atoms with Crippen molar-refractivity contribution in [3.8, 4) is 0 Å². The van der Waals surface area contributed by atoms with Crippen molar-refractivity contribution in [1.82, 2.24) is 15.2 Å². The summed E-state index contributed by atoms with van der Waals surface area (Å²) in [4.78, 5) is 28.9. The Balaban J connectivity index is 1.60. The van der Waals surface area contributed by atoms with Crippen LogP contribution < -0.4 is 5.32 Å². The van der Waals surface area contributed by atoms with Crippen molar-refractivity contribution in [2.24, 2.45) is 0 Å². The van der Waals surface area contributed by atoms with E-state index in [2.05, 4.69) is 10.3 Å². The van der Waals surface area contributed by atoms with Gasteiger partial charge in [0.25, 0.3) is 0 Å². The van der Waals surface area contributed by atoms with Crippen LogP contribution >= 0.6 is 0 Å². The zero-order valence-corrected chi connectivity index (χ0v) is 16.8. The van der Waals surface area contributed by atoms with E-state index in [0.29, 0.717) is 5.56 Å². The summed E-state index contributed by atoms with van der Waals surface area (Å²) in [5, 5.41) is 11.9. The van der Waals surface area contributed by atoms with Gasteiger partial charge < -0.3 is 10.4 Å². The highest BCUT2D eigenvalue weighted by Crippen LogP contribution is 2.48. The maximum Gasteiger partial charge on any atom is 0.408 e. The Hall–Kier alpha value is -3.17. The second kappa shape index (κ2) is 8.40. The number of pyridine rings is 1. The first kappa shape index (κ1) is 22.0. The first-order valence-corrected chi connectivity index (χ1v) is 10.2. The molecule has 2 aliphatic rings. The molecule has 4 rings (SSSR count). The van der Waals surface area contributed by atoms with Gasteiger partial charge in [-0.25, -0.2) is 22.9 Å². The van der Waals surface area contributed by atoms with Gasteiger partial charge in [-0.05, 0) is 17.5 Å². The number of amides is 2. The molecule has 1 saturated heterocycles. The maximum atomic E-state index is 14.7. The fraction of sp³-hybridized carbons (Fsp3) is 0.409. The summed E-state index contributed by atoms with van der Waals surface area (Å²) in [5.74, 6) is -5.05. The minimum absolute atomic E-state index is 0.0888. The lowest BCUT2D eigenvalue weighted by molar-refractivity contribution is -0.125. The zero-order valence-electron chi connectivity index (χ0n) is 16.8. The average Bonchev–Trinajstić information content (AvgIpc) is 3.13. The lowest BCUT2D eigenvalue weighted by Crippen LogP contribution is -2.46. The summed E-state index contributed by atoms with van der Waals surface area (Å²) < 4.78 is 54.9. The van der Waals surface area contributed by atoms with E-state index >= 15 is 0 Å². The summed E-state index contributed by atoms with van der Waals surface area (Å²) in [6.45, 7) is -0.406. The van der Waals surface area contributed by atoms with Crippen molar-refractivity contribution in [2.45, 2.75) is 49.4 Å². The van der Waals surface area contributed by atoms with E-state index in [9.17, 15) is 32.3 Å². The highest BCUT2D eigenvalue weighted by atomic mass is 19.3. The van der Waals surface area contributed by atoms with E-state index < -0.39 is 67.4 Å². The summed E-state index contributed by atoms with van der Waals surface area (Å²) in [7, 11) is 0. The third-order valence-electron chi connectivity index (χ3n) is 5.94. The van der Waals surface area contributed by atoms with Gasteiger partial charge in [0.05, 0.1) is 18.3 Å². The first-order chi connectivity index (χ1) is 15.1. The monoisotopic (exact) mass is 451 g/mol. The maximum absolute atomic E-state index is 14.7. The average molecular weight is 451 g/mol. The van der Waals surface area contributed by atoms with E-state index in [1.165, 1.54) is 12.1 Å². The number of alkyl halides is 3. The van der Waals surface area contributed by atoms with Gasteiger partial charge in [0, 0.05) is 24.8 Å². The Morgan fingerprint density at radius 1 is 1.16 bits per heavy atom. The largest absolute Gasteiger partial charge is 0.465 e. The molecule has 0 spiro atoms. The molecule has 2 aromatic rings. The summed E-state index contributed by atoms with van der Waals surface area (Å²) in [6, 6.07) is 9.16. The van der Waals surface area contributed by atoms with Gasteiger partial charge in [-0.1, -0.05) is 36.4 Å². The number of halogens is 4. The summed E-state index contributed by atoms with van der Waals surface area (Å²) in [6.07, 6.45) is -4.04. The lowest BCUT2D eigenvalue weighted by Gasteiger charge is -2.35. The van der Waals surface area contributed by atoms with Gasteiger partial charge in [-0.3, -0.25) is 9.69 Å². The molecule has 3 unspecified atom stereocenters. The molecule has 2 fully saturated rings. The minimum atomic E-state index is -2.80. The third-order valence-corrected chi connectivity index (χ3v) is 5.94. The van der Waals surface area contributed by atoms with Crippen LogP contribution in [0.25, 0.3) is 0 Å². The van der Waals surface area contributed by atoms with Gasteiger partial charge in [-0.15, -0.1) is 0 Å². The molecule has 2 amide bonds. The van der Waals surface area contributed by atoms with Crippen molar-refractivity contribution in [2.75, 3.05) is 6.54 Å². The number of carbonyl (C=O) groups is 2. The molecule has 10 heteroatoms. The number of carboxylic acid groups (broad SMARTS) is 1. The van der Waals surface area contributed by atoms with Crippen LogP contribution in [0.3, 0.4) is 0 Å². The molecule has 32 heavy (non-hydrogen) atoms. The molecule has 3 atom stereocenters. The van der Waals surface area contributed by atoms with E-state index in [0.717, 1.165) is 4.90 Å². The number of nitrogens with one attached hydrogen (secondary N) is 1. The number of nitrogens with zero attached hydrogens (tertiary/aromatic N) is 2. The highest BCUT2D eigenvalue weighted by molar-refractivity contribution is 5.86. The molecule has 1 aliphatic heterocycles. The molecule has 1 aliphatic carbocycles. The van der Waals surface area contributed by atoms with Gasteiger partial charge in [-0.2, -0.15) is 4.39 Å². The van der Waals surface area contributed by atoms with Crippen molar-refractivity contribution >= 4 is 12.0 Å². The minimum Gasteiger partial charge on any atom is -0.465 e. The number of benzene rings is 1. The summed E-state index contributed by atoms with van der Waals surface area (Å²) in [5.41, 5.74) is 0.756. The van der Waals surface area contributed by atoms with Gasteiger partial charge in [0.15, 0.2) is 0 Å². The summed E-state index contributed by atoms with van der Waals surface area (Å²) >= 11 is 0. The van der Waals surface area contributed by atoms with Crippen LogP contribution in [0.15, 0.2) is 42.5 Å². The Morgan fingerprint density at radius 2 is 1.84 bits per heavy atom. The van der Waals surface area contributed by atoms with Crippen molar-refractivity contribution in [3.63, 3.8) is 0 Å². The van der Waals surface area contributed by atoms with Crippen LogP contribution in [0.2, 0.25) is 0 Å². The standard InChI is InChI=1S/C22H21F4N3O3/c23-14-8-17(29(11-14)21(31)32)20(30)28-18(12-4-2-1-3-5-12)16-7-6-15(19(24)27-16)13-9-22(25,26)10-13/h1-7,13-14,17-18H,8-11H2,(H,28,30)(H,31,32). The van der Waals surface area contributed by atoms with Gasteiger partial charge >= 0.3 is 6.09 Å². The molecule has 1 saturated carbocycles. The third kappa shape index (κ3) is 4.39. The van der Waals surface area contributed by atoms with Crippen molar-refractivity contribution in [3.05, 3.63) is 65.2 Å². The zero-order chi connectivity index (χ0) is 23.0. The van der Waals surface area contributed by atoms with Gasteiger partial charge in [0.2, 0.25) is 17.8 Å². The molecular formula is C22H21F4N3O3. The second-order valence-electron chi connectivity index (χ2n) is 8.21. The molecule has 170 valence electrons. The molecule has 2 heterocycles. The molecule has 0 radical (unpaired) electrons. The predicted octanol–water partition coefficient (Wildman–Crippen LogP) is 4.03. The molecule has 1 aromatic carbocycles. The van der Waals surface area contributed by atoms with Crippen molar-refractivity contribution in [1.29, 1.82) is 0 Å². The van der Waals surface area contributed by atoms with Crippen LogP contribution in [0.5, 0.6) is 0 Å². The van der Waals surface area contributed by atoms with E-state index in [-0.39, 0.29) is 17.7 Å². The highest BCUT2D eigenvalue weighted by Gasteiger charge is 2.47. The molecule has 0 bridgehead atoms. The van der Waals surface area contributed by atoms with Crippen molar-refractivity contribution < 1.29 is 32.3 Å². The number of hydrogen-bond donors (Lipinski definition) is 2. The molecule has 6 nitrogen and oxygen atoms in total. The molecular weight excluding hydrogens is 430 g/mol. The SMILES string of the molecule is O=C(NC(c1ccccc1)c1ccc(C2CC(F)(F)C2)c(F)n1)C1CC(F)CN1C(=O)O. The van der Waals surface area contributed by atoms with Crippen LogP contribution in [0.4, 0.5) is 22.4 Å². The predicted molar refractivity (Wildman–Crippen MR) is 106 cm³/mol. The fourth-order valence-electron chi connectivity index (χ4n) is 4.26. The van der Waals surface area contributed by atoms with Gasteiger partial charge in [0.1, 0.15) is 12.2 Å².